The largest absolute Gasteiger partial charge is 0.464 e. The van der Waals surface area contributed by atoms with Crippen molar-refractivity contribution >= 4 is 5.97 Å². The Bertz CT molecular complexity index is 495. The molecule has 0 aliphatic rings. The standard InChI is InChI=1S/C10H8N4O2/c1-16-10(15)9-7-8(4-6-12-9)3-2-5-13-14-11/h4,6-7H,5H2,1H3. The molecule has 80 valence electrons. The van der Waals surface area contributed by atoms with Gasteiger partial charge in [0.25, 0.3) is 0 Å². The smallest absolute Gasteiger partial charge is 0.356 e. The van der Waals surface area contributed by atoms with E-state index in [1.807, 2.05) is 0 Å². The van der Waals surface area contributed by atoms with E-state index in [-0.39, 0.29) is 12.2 Å². The molecule has 0 unspecified atom stereocenters. The lowest BCUT2D eigenvalue weighted by Gasteiger charge is -1.97. The molecule has 6 heteroatoms. The number of ether oxygens (including phenoxy) is 1. The summed E-state index contributed by atoms with van der Waals surface area (Å²) in [5, 5.41) is 3.26. The molecule has 0 saturated heterocycles. The van der Waals surface area contributed by atoms with Crippen molar-refractivity contribution in [2.45, 2.75) is 0 Å². The van der Waals surface area contributed by atoms with Gasteiger partial charge in [0.2, 0.25) is 0 Å². The highest BCUT2D eigenvalue weighted by Crippen LogP contribution is 2.01. The third kappa shape index (κ3) is 3.33. The van der Waals surface area contributed by atoms with E-state index in [2.05, 4.69) is 31.6 Å². The van der Waals surface area contributed by atoms with Gasteiger partial charge in [0.05, 0.1) is 13.7 Å². The van der Waals surface area contributed by atoms with Gasteiger partial charge in [-0.25, -0.2) is 9.78 Å². The molecule has 0 radical (unpaired) electrons. The average Bonchev–Trinajstić information content (AvgIpc) is 2.34. The van der Waals surface area contributed by atoms with Gasteiger partial charge in [-0.05, 0) is 17.7 Å². The van der Waals surface area contributed by atoms with Crippen molar-refractivity contribution in [3.8, 4) is 11.8 Å². The van der Waals surface area contributed by atoms with Crippen LogP contribution >= 0.6 is 0 Å². The topological polar surface area (TPSA) is 88.0 Å². The molecule has 0 amide bonds. The van der Waals surface area contributed by atoms with Crippen LogP contribution in [0.25, 0.3) is 10.4 Å². The molecule has 0 aromatic carbocycles. The Morgan fingerprint density at radius 1 is 1.75 bits per heavy atom. The Labute approximate surface area is 91.9 Å². The molecule has 0 atom stereocenters. The molecule has 0 fully saturated rings. The first kappa shape index (κ1) is 11.6. The zero-order valence-corrected chi connectivity index (χ0v) is 8.54. The van der Waals surface area contributed by atoms with Gasteiger partial charge in [-0.3, -0.25) is 0 Å². The molecule has 16 heavy (non-hydrogen) atoms. The zero-order valence-electron chi connectivity index (χ0n) is 8.54. The third-order valence-corrected chi connectivity index (χ3v) is 1.60. The molecular weight excluding hydrogens is 208 g/mol. The van der Waals surface area contributed by atoms with Crippen LogP contribution in [0, 0.1) is 11.8 Å². The normalized spacial score (nSPS) is 8.31. The minimum atomic E-state index is -0.515. The van der Waals surface area contributed by atoms with E-state index < -0.39 is 5.97 Å². The van der Waals surface area contributed by atoms with Crippen molar-refractivity contribution in [2.24, 2.45) is 5.11 Å². The van der Waals surface area contributed by atoms with E-state index in [4.69, 9.17) is 5.53 Å². The number of aromatic nitrogens is 1. The van der Waals surface area contributed by atoms with Gasteiger partial charge in [-0.1, -0.05) is 17.0 Å². The van der Waals surface area contributed by atoms with E-state index in [9.17, 15) is 4.79 Å². The minimum Gasteiger partial charge on any atom is -0.464 e. The van der Waals surface area contributed by atoms with E-state index in [1.165, 1.54) is 19.4 Å². The molecule has 0 bridgehead atoms. The molecule has 0 aliphatic heterocycles. The number of azide groups is 1. The van der Waals surface area contributed by atoms with Crippen molar-refractivity contribution in [2.75, 3.05) is 13.7 Å². The lowest BCUT2D eigenvalue weighted by atomic mass is 10.2. The fourth-order valence-corrected chi connectivity index (χ4v) is 0.933. The first-order valence-corrected chi connectivity index (χ1v) is 4.32. The van der Waals surface area contributed by atoms with Crippen LogP contribution < -0.4 is 0 Å². The Balaban J connectivity index is 2.84. The maximum Gasteiger partial charge on any atom is 0.356 e. The summed E-state index contributed by atoms with van der Waals surface area (Å²) in [6.45, 7) is 0.0897. The zero-order chi connectivity index (χ0) is 11.8. The molecule has 0 N–H and O–H groups in total. The number of methoxy groups -OCH3 is 1. The first-order valence-electron chi connectivity index (χ1n) is 4.32. The number of nitrogens with zero attached hydrogens (tertiary/aromatic N) is 4. The van der Waals surface area contributed by atoms with Crippen LogP contribution in [0.5, 0.6) is 0 Å². The quantitative estimate of drug-likeness (QED) is 0.247. The number of esters is 1. The maximum absolute atomic E-state index is 11.1. The summed E-state index contributed by atoms with van der Waals surface area (Å²) < 4.78 is 4.52. The Hall–Kier alpha value is -2.51. The predicted molar refractivity (Wildman–Crippen MR) is 56.5 cm³/mol. The average molecular weight is 216 g/mol. The summed E-state index contributed by atoms with van der Waals surface area (Å²) in [6, 6.07) is 3.16. The second-order valence-electron chi connectivity index (χ2n) is 2.61. The fraction of sp³-hybridized carbons (Fsp3) is 0.200. The van der Waals surface area contributed by atoms with Crippen molar-refractivity contribution < 1.29 is 9.53 Å². The molecular formula is C10H8N4O2. The first-order chi connectivity index (χ1) is 7.77. The van der Waals surface area contributed by atoms with Crippen LogP contribution in [0.15, 0.2) is 23.4 Å². The molecule has 0 saturated carbocycles. The second kappa shape index (κ2) is 6.06. The second-order valence-corrected chi connectivity index (χ2v) is 2.61. The van der Waals surface area contributed by atoms with Crippen LogP contribution in [0.2, 0.25) is 0 Å². The van der Waals surface area contributed by atoms with E-state index in [1.54, 1.807) is 6.07 Å². The van der Waals surface area contributed by atoms with Crippen molar-refractivity contribution in [3.63, 3.8) is 0 Å². The summed E-state index contributed by atoms with van der Waals surface area (Å²) in [5.41, 5.74) is 8.84. The molecule has 0 spiro atoms. The summed E-state index contributed by atoms with van der Waals surface area (Å²) in [6.07, 6.45) is 1.46. The number of carbonyl (C=O) groups is 1. The van der Waals surface area contributed by atoms with Crippen LogP contribution in [-0.2, 0) is 4.74 Å². The lowest BCUT2D eigenvalue weighted by molar-refractivity contribution is 0.0594. The van der Waals surface area contributed by atoms with Crippen LogP contribution in [0.3, 0.4) is 0 Å². The number of pyridine rings is 1. The summed E-state index contributed by atoms with van der Waals surface area (Å²) in [7, 11) is 1.28. The van der Waals surface area contributed by atoms with Crippen LogP contribution in [0.1, 0.15) is 16.1 Å². The van der Waals surface area contributed by atoms with Crippen LogP contribution in [-0.4, -0.2) is 24.6 Å². The predicted octanol–water partition coefficient (Wildman–Crippen LogP) is 1.53. The number of hydrogen-bond acceptors (Lipinski definition) is 4. The molecule has 1 aromatic rings. The van der Waals surface area contributed by atoms with Gasteiger partial charge < -0.3 is 4.74 Å². The fourth-order valence-electron chi connectivity index (χ4n) is 0.933. The van der Waals surface area contributed by atoms with Gasteiger partial charge in [-0.15, -0.1) is 0 Å². The Kier molecular flexibility index (Phi) is 4.38. The van der Waals surface area contributed by atoms with Crippen molar-refractivity contribution in [1.29, 1.82) is 0 Å². The Morgan fingerprint density at radius 2 is 2.56 bits per heavy atom. The molecule has 6 nitrogen and oxygen atoms in total. The van der Waals surface area contributed by atoms with Crippen molar-refractivity contribution in [3.05, 3.63) is 40.0 Å². The summed E-state index contributed by atoms with van der Waals surface area (Å²) in [4.78, 5) is 17.5. The highest BCUT2D eigenvalue weighted by Gasteiger charge is 2.05. The highest BCUT2D eigenvalue weighted by molar-refractivity contribution is 5.87. The number of carbonyl (C=O) groups excluding carboxylic acids is 1. The van der Waals surface area contributed by atoms with Crippen LogP contribution in [0.4, 0.5) is 0 Å². The minimum absolute atomic E-state index is 0.0897. The van der Waals surface area contributed by atoms with Crippen molar-refractivity contribution in [1.82, 2.24) is 4.98 Å². The maximum atomic E-state index is 11.1. The number of hydrogen-bond donors (Lipinski definition) is 0. The van der Waals surface area contributed by atoms with E-state index in [0.717, 1.165) is 0 Å². The number of rotatable bonds is 2. The third-order valence-electron chi connectivity index (χ3n) is 1.60. The van der Waals surface area contributed by atoms with E-state index >= 15 is 0 Å². The van der Waals surface area contributed by atoms with E-state index in [0.29, 0.717) is 5.56 Å². The molecule has 0 aliphatic carbocycles. The summed E-state index contributed by atoms with van der Waals surface area (Å²) >= 11 is 0. The van der Waals surface area contributed by atoms with Gasteiger partial charge in [-0.2, -0.15) is 0 Å². The molecule has 1 aromatic heterocycles. The highest BCUT2D eigenvalue weighted by atomic mass is 16.5. The van der Waals surface area contributed by atoms with Gasteiger partial charge in [0.15, 0.2) is 0 Å². The lowest BCUT2D eigenvalue weighted by Crippen LogP contribution is -2.03. The van der Waals surface area contributed by atoms with Gasteiger partial charge in [0.1, 0.15) is 5.69 Å². The Morgan fingerprint density at radius 3 is 3.25 bits per heavy atom. The van der Waals surface area contributed by atoms with Gasteiger partial charge >= 0.3 is 5.97 Å². The molecule has 1 heterocycles. The van der Waals surface area contributed by atoms with Gasteiger partial charge in [0, 0.05) is 16.7 Å². The summed E-state index contributed by atoms with van der Waals surface area (Å²) in [5.74, 6) is 4.86. The SMILES string of the molecule is COC(=O)c1cc(C#CCN=[N+]=[N-])ccn1. The monoisotopic (exact) mass is 216 g/mol. The molecule has 1 rings (SSSR count).